The number of halogens is 2. The Kier molecular flexibility index (Phi) is 4.23. The number of nitrogens with one attached hydrogen (secondary N) is 1. The van der Waals surface area contributed by atoms with Gasteiger partial charge in [0.1, 0.15) is 0 Å². The highest BCUT2D eigenvalue weighted by Gasteiger charge is 2.27. The van der Waals surface area contributed by atoms with Crippen molar-refractivity contribution in [2.24, 2.45) is 5.92 Å². The first-order chi connectivity index (χ1) is 9.65. The Morgan fingerprint density at radius 1 is 1.15 bits per heavy atom. The van der Waals surface area contributed by atoms with E-state index in [0.717, 1.165) is 16.8 Å². The monoisotopic (exact) mass is 311 g/mol. The largest absolute Gasteiger partial charge is 0.325 e. The van der Waals surface area contributed by atoms with Gasteiger partial charge >= 0.3 is 0 Å². The molecule has 1 fully saturated rings. The Bertz CT molecular complexity index is 521. The molecule has 3 rings (SSSR count). The van der Waals surface area contributed by atoms with E-state index in [1.165, 1.54) is 38.5 Å². The number of fused-ring (bicyclic) bond motifs is 1. The van der Waals surface area contributed by atoms with Crippen molar-refractivity contribution in [3.8, 4) is 0 Å². The maximum absolute atomic E-state index is 11.5. The van der Waals surface area contributed by atoms with Crippen LogP contribution in [0.15, 0.2) is 12.1 Å². The summed E-state index contributed by atoms with van der Waals surface area (Å²) in [6, 6.07) is 3.88. The van der Waals surface area contributed by atoms with Crippen molar-refractivity contribution < 1.29 is 4.79 Å². The summed E-state index contributed by atoms with van der Waals surface area (Å²) in [6.45, 7) is 0. The van der Waals surface area contributed by atoms with Gasteiger partial charge in [0.25, 0.3) is 0 Å². The molecule has 2 aliphatic rings. The zero-order valence-corrected chi connectivity index (χ0v) is 12.9. The van der Waals surface area contributed by atoms with Gasteiger partial charge in [0.05, 0.1) is 11.8 Å². The molecule has 1 aliphatic heterocycles. The minimum absolute atomic E-state index is 0.0359. The number of hydrogen-bond donors (Lipinski definition) is 1. The molecule has 2 nitrogen and oxygen atoms in total. The predicted octanol–water partition coefficient (Wildman–Crippen LogP) is 5.08. The van der Waals surface area contributed by atoms with Crippen molar-refractivity contribution in [1.29, 1.82) is 0 Å². The van der Waals surface area contributed by atoms with Crippen molar-refractivity contribution in [1.82, 2.24) is 0 Å². The van der Waals surface area contributed by atoms with Crippen LogP contribution in [-0.4, -0.2) is 5.91 Å². The van der Waals surface area contributed by atoms with E-state index in [1.807, 2.05) is 12.1 Å². The zero-order chi connectivity index (χ0) is 14.1. The SMILES string of the molecule is O=C1Cc2cc(C(Cl)C3CCCCCC3)c(Cl)cc2N1. The Hall–Kier alpha value is -0.730. The summed E-state index contributed by atoms with van der Waals surface area (Å²) >= 11 is 13.1. The van der Waals surface area contributed by atoms with Gasteiger partial charge < -0.3 is 5.32 Å². The molecule has 0 aromatic heterocycles. The first kappa shape index (κ1) is 14.2. The number of carbonyl (C=O) groups is 1. The van der Waals surface area contributed by atoms with Gasteiger partial charge in [-0.05, 0) is 36.0 Å². The highest BCUT2D eigenvalue weighted by molar-refractivity contribution is 6.33. The molecule has 1 amide bonds. The molecule has 1 atom stereocenters. The summed E-state index contributed by atoms with van der Waals surface area (Å²) in [5.74, 6) is 0.536. The van der Waals surface area contributed by atoms with Gasteiger partial charge in [-0.15, -0.1) is 11.6 Å². The number of carbonyl (C=O) groups excluding carboxylic acids is 1. The van der Waals surface area contributed by atoms with Crippen LogP contribution < -0.4 is 5.32 Å². The third kappa shape index (κ3) is 2.82. The number of benzene rings is 1. The van der Waals surface area contributed by atoms with Gasteiger partial charge in [-0.3, -0.25) is 4.79 Å². The summed E-state index contributed by atoms with van der Waals surface area (Å²) in [6.07, 6.45) is 7.95. The molecule has 0 saturated heterocycles. The zero-order valence-electron chi connectivity index (χ0n) is 11.4. The average molecular weight is 312 g/mol. The van der Waals surface area contributed by atoms with Crippen LogP contribution in [-0.2, 0) is 11.2 Å². The van der Waals surface area contributed by atoms with Crippen molar-refractivity contribution >= 4 is 34.8 Å². The number of rotatable bonds is 2. The smallest absolute Gasteiger partial charge is 0.228 e. The second-order valence-electron chi connectivity index (χ2n) is 5.91. The van der Waals surface area contributed by atoms with Gasteiger partial charge in [0.15, 0.2) is 0 Å². The molecule has 0 bridgehead atoms. The molecule has 1 aliphatic carbocycles. The van der Waals surface area contributed by atoms with Crippen LogP contribution in [0.4, 0.5) is 5.69 Å². The van der Waals surface area contributed by atoms with Gasteiger partial charge in [-0.25, -0.2) is 0 Å². The second kappa shape index (κ2) is 5.95. The summed E-state index contributed by atoms with van der Waals surface area (Å²) in [5.41, 5.74) is 2.86. The molecule has 1 aromatic rings. The third-order valence-corrected chi connectivity index (χ3v) is 5.38. The molecule has 1 aromatic carbocycles. The Morgan fingerprint density at radius 2 is 1.85 bits per heavy atom. The fraction of sp³-hybridized carbons (Fsp3) is 0.562. The maximum Gasteiger partial charge on any atom is 0.228 e. The third-order valence-electron chi connectivity index (χ3n) is 4.46. The van der Waals surface area contributed by atoms with Gasteiger partial charge in [-0.2, -0.15) is 0 Å². The highest BCUT2D eigenvalue weighted by atomic mass is 35.5. The van der Waals surface area contributed by atoms with Crippen molar-refractivity contribution in [3.05, 3.63) is 28.3 Å². The molecular formula is C16H19Cl2NO. The van der Waals surface area contributed by atoms with E-state index in [1.54, 1.807) is 0 Å². The van der Waals surface area contributed by atoms with Gasteiger partial charge in [0.2, 0.25) is 5.91 Å². The van der Waals surface area contributed by atoms with Crippen LogP contribution in [0.2, 0.25) is 5.02 Å². The Balaban J connectivity index is 1.86. The van der Waals surface area contributed by atoms with E-state index in [9.17, 15) is 4.79 Å². The molecule has 4 heteroatoms. The number of amides is 1. The van der Waals surface area contributed by atoms with Crippen LogP contribution in [0.1, 0.15) is 55.0 Å². The first-order valence-corrected chi connectivity index (χ1v) is 8.23. The van der Waals surface area contributed by atoms with E-state index in [2.05, 4.69) is 5.32 Å². The van der Waals surface area contributed by atoms with Crippen LogP contribution in [0.3, 0.4) is 0 Å². The van der Waals surface area contributed by atoms with Crippen molar-refractivity contribution in [3.63, 3.8) is 0 Å². The highest BCUT2D eigenvalue weighted by Crippen LogP contribution is 2.42. The van der Waals surface area contributed by atoms with Crippen molar-refractivity contribution in [2.45, 2.75) is 50.3 Å². The molecule has 1 N–H and O–H groups in total. The van der Waals surface area contributed by atoms with E-state index < -0.39 is 0 Å². The Labute approximate surface area is 129 Å². The van der Waals surface area contributed by atoms with Gasteiger partial charge in [-0.1, -0.05) is 43.4 Å². The molecule has 1 unspecified atom stereocenters. The maximum atomic E-state index is 11.5. The van der Waals surface area contributed by atoms with E-state index in [-0.39, 0.29) is 11.3 Å². The number of anilines is 1. The summed E-state index contributed by atoms with van der Waals surface area (Å²) in [7, 11) is 0. The topological polar surface area (TPSA) is 29.1 Å². The minimum Gasteiger partial charge on any atom is -0.325 e. The predicted molar refractivity (Wildman–Crippen MR) is 83.6 cm³/mol. The summed E-state index contributed by atoms with van der Waals surface area (Å²) < 4.78 is 0. The van der Waals surface area contributed by atoms with E-state index >= 15 is 0 Å². The van der Waals surface area contributed by atoms with Crippen LogP contribution >= 0.6 is 23.2 Å². The van der Waals surface area contributed by atoms with Gasteiger partial charge in [0, 0.05) is 10.7 Å². The molecule has 0 spiro atoms. The van der Waals surface area contributed by atoms with E-state index in [4.69, 9.17) is 23.2 Å². The average Bonchev–Trinajstić information content (AvgIpc) is 2.64. The molecule has 20 heavy (non-hydrogen) atoms. The lowest BCUT2D eigenvalue weighted by molar-refractivity contribution is -0.115. The quantitative estimate of drug-likeness (QED) is 0.598. The fourth-order valence-corrected chi connectivity index (χ4v) is 4.11. The van der Waals surface area contributed by atoms with Crippen LogP contribution in [0.5, 0.6) is 0 Å². The lowest BCUT2D eigenvalue weighted by atomic mass is 9.91. The first-order valence-electron chi connectivity index (χ1n) is 7.41. The molecule has 1 saturated carbocycles. The fourth-order valence-electron chi connectivity index (χ4n) is 3.34. The number of hydrogen-bond acceptors (Lipinski definition) is 1. The lowest BCUT2D eigenvalue weighted by Gasteiger charge is -2.22. The Morgan fingerprint density at radius 3 is 2.55 bits per heavy atom. The summed E-state index contributed by atoms with van der Waals surface area (Å²) in [5, 5.41) is 3.46. The molecule has 0 radical (unpaired) electrons. The normalized spacial score (nSPS) is 21.2. The van der Waals surface area contributed by atoms with E-state index in [0.29, 0.717) is 17.4 Å². The number of alkyl halides is 1. The lowest BCUT2D eigenvalue weighted by Crippen LogP contribution is -2.08. The second-order valence-corrected chi connectivity index (χ2v) is 6.79. The standard InChI is InChI=1S/C16H19Cl2NO/c17-13-9-14-11(8-15(20)19-14)7-12(13)16(18)10-5-3-1-2-4-6-10/h7,9-10,16H,1-6,8H2,(H,19,20). The molecular weight excluding hydrogens is 293 g/mol. The molecule has 108 valence electrons. The van der Waals surface area contributed by atoms with Crippen molar-refractivity contribution in [2.75, 3.05) is 5.32 Å². The molecule has 1 heterocycles. The van der Waals surface area contributed by atoms with Crippen LogP contribution in [0.25, 0.3) is 0 Å². The van der Waals surface area contributed by atoms with Crippen LogP contribution in [0, 0.1) is 5.92 Å². The minimum atomic E-state index is -0.0402. The summed E-state index contributed by atoms with van der Waals surface area (Å²) in [4.78, 5) is 11.5.